The number of pyridine rings is 1. The van der Waals surface area contributed by atoms with Gasteiger partial charge in [-0.3, -0.25) is 9.48 Å². The van der Waals surface area contributed by atoms with Crippen molar-refractivity contribution in [2.75, 3.05) is 33.0 Å². The first-order valence-electron chi connectivity index (χ1n) is 10.4. The number of amides is 1. The van der Waals surface area contributed by atoms with Crippen molar-refractivity contribution in [1.29, 1.82) is 5.26 Å². The zero-order valence-corrected chi connectivity index (χ0v) is 18.9. The number of likely N-dealkylation sites (tertiary alicyclic amines) is 1. The average molecular weight is 478 g/mol. The van der Waals surface area contributed by atoms with Crippen LogP contribution in [0, 0.1) is 34.8 Å². The van der Waals surface area contributed by atoms with Gasteiger partial charge in [0.1, 0.15) is 23.1 Å². The molecule has 2 aromatic heterocycles. The van der Waals surface area contributed by atoms with Crippen LogP contribution in [0.15, 0.2) is 24.9 Å². The van der Waals surface area contributed by atoms with Crippen LogP contribution in [0.2, 0.25) is 0 Å². The predicted octanol–water partition coefficient (Wildman–Crippen LogP) is 2.54. The predicted molar refractivity (Wildman–Crippen MR) is 123 cm³/mol. The Morgan fingerprint density at radius 3 is 2.57 bits per heavy atom. The van der Waals surface area contributed by atoms with Crippen molar-refractivity contribution in [3.05, 3.63) is 53.4 Å². The van der Waals surface area contributed by atoms with Crippen LogP contribution in [0.25, 0.3) is 10.9 Å². The zero-order chi connectivity index (χ0) is 25.3. The number of fused-ring (bicyclic) bond motifs is 1. The molecule has 1 aliphatic heterocycles. The Morgan fingerprint density at radius 2 is 1.97 bits per heavy atom. The number of halogens is 2. The molecule has 3 aromatic rings. The summed E-state index contributed by atoms with van der Waals surface area (Å²) in [6, 6.07) is 2.86. The molecule has 35 heavy (non-hydrogen) atoms. The van der Waals surface area contributed by atoms with E-state index in [2.05, 4.69) is 34.6 Å². The fraction of sp³-hybridized carbons (Fsp3) is 0.250. The third-order valence-corrected chi connectivity index (χ3v) is 5.75. The van der Waals surface area contributed by atoms with Gasteiger partial charge in [0.15, 0.2) is 23.1 Å². The fourth-order valence-corrected chi connectivity index (χ4v) is 4.02. The number of carbonyl (C=O) groups is 1. The molecule has 0 saturated carbocycles. The molecule has 9 nitrogen and oxygen atoms in total. The number of nitrogen functional groups attached to an aromatic ring is 1. The quantitative estimate of drug-likeness (QED) is 0.452. The molecule has 0 spiro atoms. The Labute approximate surface area is 199 Å². The summed E-state index contributed by atoms with van der Waals surface area (Å²) >= 11 is 0. The van der Waals surface area contributed by atoms with Gasteiger partial charge in [-0.1, -0.05) is 12.5 Å². The molecule has 0 radical (unpaired) electrons. The third kappa shape index (κ3) is 3.97. The van der Waals surface area contributed by atoms with Crippen LogP contribution < -0.4 is 15.2 Å². The summed E-state index contributed by atoms with van der Waals surface area (Å²) in [7, 11) is 2.47. The summed E-state index contributed by atoms with van der Waals surface area (Å²) in [5, 5.41) is 14.5. The van der Waals surface area contributed by atoms with E-state index in [0.29, 0.717) is 25.0 Å². The Hall–Kier alpha value is -4.64. The number of nitrogens with two attached hydrogens (primary N) is 1. The number of aromatic nitrogens is 3. The van der Waals surface area contributed by atoms with Gasteiger partial charge < -0.3 is 20.1 Å². The zero-order valence-electron chi connectivity index (χ0n) is 18.9. The molecule has 1 unspecified atom stereocenters. The number of methoxy groups -OCH3 is 2. The van der Waals surface area contributed by atoms with Gasteiger partial charge in [-0.25, -0.2) is 13.8 Å². The summed E-state index contributed by atoms with van der Waals surface area (Å²) in [5.41, 5.74) is 6.19. The number of ether oxygens (including phenoxy) is 2. The van der Waals surface area contributed by atoms with Crippen LogP contribution in [0.4, 0.5) is 14.6 Å². The lowest BCUT2D eigenvalue weighted by atomic mass is 10.1. The number of hydrogen-bond donors (Lipinski definition) is 1. The summed E-state index contributed by atoms with van der Waals surface area (Å²) in [6.07, 6.45) is 3.11. The number of hydrogen-bond acceptors (Lipinski definition) is 7. The molecular formula is C24H20F2N6O3. The van der Waals surface area contributed by atoms with Crippen LogP contribution in [-0.2, 0) is 4.79 Å². The van der Waals surface area contributed by atoms with Gasteiger partial charge in [-0.2, -0.15) is 10.4 Å². The molecule has 1 fully saturated rings. The number of nitrogens with zero attached hydrogens (tertiary/aromatic N) is 5. The molecule has 1 amide bonds. The standard InChI is InChI=1S/C24H20F2N6O3/c1-4-19(33)31-8-7-14(12-31)32-23-13(10-27)11-29-24(28)20(23)16(30-32)6-5-15-21(25)17(34-2)9-18(35-3)22(15)26/h4,9,11,14H,1,7-8,12H2,2-3H3,(H2,28,29). The van der Waals surface area contributed by atoms with E-state index in [1.807, 2.05) is 0 Å². The first-order chi connectivity index (χ1) is 16.8. The van der Waals surface area contributed by atoms with Crippen LogP contribution in [0.5, 0.6) is 11.5 Å². The minimum Gasteiger partial charge on any atom is -0.493 e. The van der Waals surface area contributed by atoms with Gasteiger partial charge in [0, 0.05) is 25.4 Å². The van der Waals surface area contributed by atoms with Crippen LogP contribution in [0.3, 0.4) is 0 Å². The first-order valence-corrected chi connectivity index (χ1v) is 10.4. The van der Waals surface area contributed by atoms with E-state index < -0.39 is 17.2 Å². The Kier molecular flexibility index (Phi) is 6.26. The molecule has 11 heteroatoms. The minimum absolute atomic E-state index is 0.0516. The molecule has 3 heterocycles. The Morgan fingerprint density at radius 1 is 1.29 bits per heavy atom. The highest BCUT2D eigenvalue weighted by Crippen LogP contribution is 2.33. The monoisotopic (exact) mass is 478 g/mol. The van der Waals surface area contributed by atoms with Gasteiger partial charge in [0.2, 0.25) is 5.91 Å². The lowest BCUT2D eigenvalue weighted by Crippen LogP contribution is -2.27. The van der Waals surface area contributed by atoms with E-state index in [1.165, 1.54) is 26.5 Å². The first kappa shape index (κ1) is 23.5. The summed E-state index contributed by atoms with van der Waals surface area (Å²) in [4.78, 5) is 17.7. The normalized spacial score (nSPS) is 14.8. The van der Waals surface area contributed by atoms with E-state index in [4.69, 9.17) is 15.2 Å². The highest BCUT2D eigenvalue weighted by molar-refractivity contribution is 5.96. The molecule has 2 N–H and O–H groups in total. The maximum Gasteiger partial charge on any atom is 0.246 e. The van der Waals surface area contributed by atoms with E-state index in [1.54, 1.807) is 9.58 Å². The minimum atomic E-state index is -1.000. The van der Waals surface area contributed by atoms with Gasteiger partial charge in [0.05, 0.1) is 36.7 Å². The summed E-state index contributed by atoms with van der Waals surface area (Å²) in [5.74, 6) is 2.48. The van der Waals surface area contributed by atoms with E-state index >= 15 is 0 Å². The molecule has 1 atom stereocenters. The van der Waals surface area contributed by atoms with Crippen molar-refractivity contribution < 1.29 is 23.0 Å². The third-order valence-electron chi connectivity index (χ3n) is 5.75. The van der Waals surface area contributed by atoms with Crippen LogP contribution in [0.1, 0.15) is 29.3 Å². The maximum atomic E-state index is 14.8. The molecule has 178 valence electrons. The average Bonchev–Trinajstić information content (AvgIpc) is 3.50. The number of benzene rings is 1. The summed E-state index contributed by atoms with van der Waals surface area (Å²) in [6.45, 7) is 4.31. The maximum absolute atomic E-state index is 14.8. The summed E-state index contributed by atoms with van der Waals surface area (Å²) < 4.78 is 41.1. The number of anilines is 1. The van der Waals surface area contributed by atoms with Crippen molar-refractivity contribution in [1.82, 2.24) is 19.7 Å². The van der Waals surface area contributed by atoms with Crippen molar-refractivity contribution >= 4 is 22.6 Å². The molecule has 0 aliphatic carbocycles. The van der Waals surface area contributed by atoms with Gasteiger partial charge in [-0.05, 0) is 18.4 Å². The van der Waals surface area contributed by atoms with Gasteiger partial charge in [-0.15, -0.1) is 0 Å². The van der Waals surface area contributed by atoms with Crippen LogP contribution in [-0.4, -0.2) is 52.9 Å². The SMILES string of the molecule is C=CC(=O)N1CCC(n2nc(C#Cc3c(F)c(OC)cc(OC)c3F)c3c(N)ncc(C#N)c32)C1. The number of nitriles is 1. The van der Waals surface area contributed by atoms with Gasteiger partial charge >= 0.3 is 0 Å². The van der Waals surface area contributed by atoms with Crippen molar-refractivity contribution in [2.45, 2.75) is 12.5 Å². The van der Waals surface area contributed by atoms with E-state index in [0.717, 1.165) is 6.07 Å². The number of rotatable bonds is 4. The van der Waals surface area contributed by atoms with Crippen LogP contribution >= 0.6 is 0 Å². The largest absolute Gasteiger partial charge is 0.493 e. The van der Waals surface area contributed by atoms with Crippen molar-refractivity contribution in [3.8, 4) is 29.4 Å². The Balaban J connectivity index is 1.90. The van der Waals surface area contributed by atoms with E-state index in [9.17, 15) is 18.8 Å². The molecular weight excluding hydrogens is 458 g/mol. The highest BCUT2D eigenvalue weighted by Gasteiger charge is 2.30. The Bertz CT molecular complexity index is 1440. The lowest BCUT2D eigenvalue weighted by molar-refractivity contribution is -0.125. The smallest absolute Gasteiger partial charge is 0.246 e. The number of carbonyl (C=O) groups excluding carboxylic acids is 1. The second-order valence-electron chi connectivity index (χ2n) is 7.65. The molecule has 1 aromatic carbocycles. The second kappa shape index (κ2) is 9.31. The molecule has 1 aliphatic rings. The van der Waals surface area contributed by atoms with Crippen molar-refractivity contribution in [2.24, 2.45) is 0 Å². The topological polar surface area (TPSA) is 119 Å². The van der Waals surface area contributed by atoms with Gasteiger partial charge in [0.25, 0.3) is 0 Å². The second-order valence-corrected chi connectivity index (χ2v) is 7.65. The van der Waals surface area contributed by atoms with E-state index in [-0.39, 0.29) is 45.9 Å². The molecule has 0 bridgehead atoms. The van der Waals surface area contributed by atoms with Crippen molar-refractivity contribution in [3.63, 3.8) is 0 Å². The highest BCUT2D eigenvalue weighted by atomic mass is 19.1. The molecule has 1 saturated heterocycles. The fourth-order valence-electron chi connectivity index (χ4n) is 4.02. The lowest BCUT2D eigenvalue weighted by Gasteiger charge is -2.15. The molecule has 4 rings (SSSR count).